The lowest BCUT2D eigenvalue weighted by molar-refractivity contribution is 0.0874. The molecule has 0 unspecified atom stereocenters. The Morgan fingerprint density at radius 3 is 2.71 bits per heavy atom. The summed E-state index contributed by atoms with van der Waals surface area (Å²) in [6.07, 6.45) is 5.14. The van der Waals surface area contributed by atoms with Gasteiger partial charge in [0.2, 0.25) is 5.89 Å². The molecule has 1 aliphatic rings. The predicted octanol–water partition coefficient (Wildman–Crippen LogP) is 5.76. The SMILES string of the molecule is Cc1nnc(-c2cc(CCC(C)C)n(-c3cccc(C(=O)N[C@@H]4C[C@H](C)CC(C)(C)C4)c3)n2)o1. The van der Waals surface area contributed by atoms with E-state index in [9.17, 15) is 4.79 Å². The fourth-order valence-electron chi connectivity index (χ4n) is 5.27. The van der Waals surface area contributed by atoms with Gasteiger partial charge in [0.1, 0.15) is 5.69 Å². The van der Waals surface area contributed by atoms with Crippen molar-refractivity contribution in [2.24, 2.45) is 17.3 Å². The lowest BCUT2D eigenvalue weighted by atomic mass is 9.70. The molecule has 2 heterocycles. The number of aromatic nitrogens is 4. The molecule has 0 saturated heterocycles. The van der Waals surface area contributed by atoms with Crippen molar-refractivity contribution >= 4 is 5.91 Å². The third-order valence-electron chi connectivity index (χ3n) is 6.58. The zero-order valence-corrected chi connectivity index (χ0v) is 21.3. The van der Waals surface area contributed by atoms with E-state index in [0.717, 1.165) is 37.1 Å². The van der Waals surface area contributed by atoms with E-state index in [-0.39, 0.29) is 17.4 Å². The summed E-state index contributed by atoms with van der Waals surface area (Å²) in [5.74, 6) is 2.06. The van der Waals surface area contributed by atoms with Crippen LogP contribution in [-0.4, -0.2) is 31.9 Å². The summed E-state index contributed by atoms with van der Waals surface area (Å²) >= 11 is 0. The average Bonchev–Trinajstić information content (AvgIpc) is 3.37. The highest BCUT2D eigenvalue weighted by Crippen LogP contribution is 2.38. The highest BCUT2D eigenvalue weighted by atomic mass is 16.4. The summed E-state index contributed by atoms with van der Waals surface area (Å²) in [5.41, 5.74) is 3.45. The second-order valence-electron chi connectivity index (χ2n) is 11.1. The number of carbonyl (C=O) groups is 1. The van der Waals surface area contributed by atoms with E-state index in [0.29, 0.717) is 34.9 Å². The van der Waals surface area contributed by atoms with Crippen molar-refractivity contribution in [2.75, 3.05) is 0 Å². The van der Waals surface area contributed by atoms with Crippen LogP contribution in [0.25, 0.3) is 17.3 Å². The molecule has 7 nitrogen and oxygen atoms in total. The molecule has 182 valence electrons. The Balaban J connectivity index is 1.59. The smallest absolute Gasteiger partial charge is 0.268 e. The van der Waals surface area contributed by atoms with Gasteiger partial charge in [-0.3, -0.25) is 4.79 Å². The number of carbonyl (C=O) groups excluding carboxylic acids is 1. The van der Waals surface area contributed by atoms with Gasteiger partial charge in [0.15, 0.2) is 0 Å². The molecule has 1 aliphatic carbocycles. The van der Waals surface area contributed by atoms with Gasteiger partial charge in [-0.1, -0.05) is 40.7 Å². The highest BCUT2D eigenvalue weighted by molar-refractivity contribution is 5.95. The first kappa shape index (κ1) is 24.2. The molecule has 0 spiro atoms. The van der Waals surface area contributed by atoms with Crippen molar-refractivity contribution in [2.45, 2.75) is 79.7 Å². The first-order valence-corrected chi connectivity index (χ1v) is 12.4. The Labute approximate surface area is 202 Å². The van der Waals surface area contributed by atoms with Gasteiger partial charge in [-0.25, -0.2) is 4.68 Å². The van der Waals surface area contributed by atoms with E-state index in [1.165, 1.54) is 6.42 Å². The fourth-order valence-corrected chi connectivity index (χ4v) is 5.27. The highest BCUT2D eigenvalue weighted by Gasteiger charge is 2.32. The first-order valence-electron chi connectivity index (χ1n) is 12.4. The molecule has 7 heteroatoms. The second-order valence-corrected chi connectivity index (χ2v) is 11.1. The molecule has 1 amide bonds. The number of nitrogens with one attached hydrogen (secondary N) is 1. The summed E-state index contributed by atoms with van der Waals surface area (Å²) in [6, 6.07) is 9.90. The van der Waals surface area contributed by atoms with Crippen LogP contribution in [0.1, 0.15) is 82.2 Å². The maximum atomic E-state index is 13.2. The van der Waals surface area contributed by atoms with Crippen LogP contribution >= 0.6 is 0 Å². The lowest BCUT2D eigenvalue weighted by Crippen LogP contribution is -2.43. The normalized spacial score (nSPS) is 20.0. The summed E-state index contributed by atoms with van der Waals surface area (Å²) in [7, 11) is 0. The maximum Gasteiger partial charge on any atom is 0.268 e. The fraction of sp³-hybridized carbons (Fsp3) is 0.556. The number of nitrogens with zero attached hydrogens (tertiary/aromatic N) is 4. The largest absolute Gasteiger partial charge is 0.420 e. The zero-order chi connectivity index (χ0) is 24.5. The molecule has 1 N–H and O–H groups in total. The number of benzene rings is 1. The maximum absolute atomic E-state index is 13.2. The van der Waals surface area contributed by atoms with E-state index in [1.807, 2.05) is 35.0 Å². The Bertz CT molecular complexity index is 1140. The van der Waals surface area contributed by atoms with Crippen LogP contribution < -0.4 is 5.32 Å². The molecule has 1 aromatic carbocycles. The van der Waals surface area contributed by atoms with Crippen LogP contribution in [0.4, 0.5) is 0 Å². The Morgan fingerprint density at radius 1 is 1.24 bits per heavy atom. The third-order valence-corrected chi connectivity index (χ3v) is 6.58. The van der Waals surface area contributed by atoms with Gasteiger partial charge in [0, 0.05) is 24.2 Å². The molecular formula is C27H37N5O2. The van der Waals surface area contributed by atoms with Crippen molar-refractivity contribution in [3.05, 3.63) is 47.5 Å². The van der Waals surface area contributed by atoms with Crippen molar-refractivity contribution in [1.29, 1.82) is 0 Å². The molecule has 0 aliphatic heterocycles. The van der Waals surface area contributed by atoms with E-state index >= 15 is 0 Å². The van der Waals surface area contributed by atoms with Gasteiger partial charge in [-0.05, 0) is 73.6 Å². The second kappa shape index (κ2) is 9.72. The molecule has 34 heavy (non-hydrogen) atoms. The average molecular weight is 464 g/mol. The molecular weight excluding hydrogens is 426 g/mol. The Morgan fingerprint density at radius 2 is 2.03 bits per heavy atom. The van der Waals surface area contributed by atoms with Crippen LogP contribution in [-0.2, 0) is 6.42 Å². The Kier molecular flexibility index (Phi) is 6.91. The minimum atomic E-state index is -0.0274. The number of rotatable bonds is 7. The minimum absolute atomic E-state index is 0.0274. The summed E-state index contributed by atoms with van der Waals surface area (Å²) in [4.78, 5) is 13.2. The lowest BCUT2D eigenvalue weighted by Gasteiger charge is -2.39. The summed E-state index contributed by atoms with van der Waals surface area (Å²) in [5, 5.41) is 16.1. The van der Waals surface area contributed by atoms with Crippen LogP contribution in [0.15, 0.2) is 34.7 Å². The van der Waals surface area contributed by atoms with Crippen molar-refractivity contribution in [3.63, 3.8) is 0 Å². The van der Waals surface area contributed by atoms with Gasteiger partial charge < -0.3 is 9.73 Å². The monoisotopic (exact) mass is 463 g/mol. The molecule has 1 saturated carbocycles. The molecule has 2 atom stereocenters. The topological polar surface area (TPSA) is 85.8 Å². The third kappa shape index (κ3) is 5.75. The molecule has 3 aromatic rings. The van der Waals surface area contributed by atoms with Gasteiger partial charge >= 0.3 is 0 Å². The van der Waals surface area contributed by atoms with Gasteiger partial charge in [-0.15, -0.1) is 10.2 Å². The van der Waals surface area contributed by atoms with Crippen LogP contribution in [0.5, 0.6) is 0 Å². The van der Waals surface area contributed by atoms with E-state index < -0.39 is 0 Å². The van der Waals surface area contributed by atoms with Crippen molar-refractivity contribution in [1.82, 2.24) is 25.3 Å². The number of amides is 1. The summed E-state index contributed by atoms with van der Waals surface area (Å²) < 4.78 is 7.51. The van der Waals surface area contributed by atoms with Crippen LogP contribution in [0.3, 0.4) is 0 Å². The molecule has 0 bridgehead atoms. The molecule has 2 aromatic heterocycles. The quantitative estimate of drug-likeness (QED) is 0.481. The van der Waals surface area contributed by atoms with E-state index in [4.69, 9.17) is 9.52 Å². The number of hydrogen-bond acceptors (Lipinski definition) is 5. The molecule has 0 radical (unpaired) electrons. The standard InChI is InChI=1S/C27H37N5O2/c1-17(2)10-11-23-14-24(26-30-29-19(4)34-26)31-32(23)22-9-7-8-20(13-22)25(33)28-21-12-18(3)15-27(5,6)16-21/h7-9,13-14,17-18,21H,10-12,15-16H2,1-6H3,(H,28,33)/t18-,21+/m0/s1. The minimum Gasteiger partial charge on any atom is -0.420 e. The molecule has 4 rings (SSSR count). The van der Waals surface area contributed by atoms with E-state index in [1.54, 1.807) is 6.92 Å². The van der Waals surface area contributed by atoms with E-state index in [2.05, 4.69) is 50.1 Å². The van der Waals surface area contributed by atoms with Crippen LogP contribution in [0.2, 0.25) is 0 Å². The number of hydrogen-bond donors (Lipinski definition) is 1. The predicted molar refractivity (Wildman–Crippen MR) is 133 cm³/mol. The van der Waals surface area contributed by atoms with Crippen molar-refractivity contribution < 1.29 is 9.21 Å². The Hall–Kier alpha value is -2.96. The first-order chi connectivity index (χ1) is 16.1. The summed E-state index contributed by atoms with van der Waals surface area (Å²) in [6.45, 7) is 13.0. The van der Waals surface area contributed by atoms with Gasteiger partial charge in [0.25, 0.3) is 11.8 Å². The van der Waals surface area contributed by atoms with Crippen molar-refractivity contribution in [3.8, 4) is 17.3 Å². The molecule has 1 fully saturated rings. The number of aryl methyl sites for hydroxylation is 2. The van der Waals surface area contributed by atoms with Gasteiger partial charge in [0.05, 0.1) is 5.69 Å². The van der Waals surface area contributed by atoms with Crippen LogP contribution in [0, 0.1) is 24.2 Å². The zero-order valence-electron chi connectivity index (χ0n) is 21.3. The van der Waals surface area contributed by atoms with Gasteiger partial charge in [-0.2, -0.15) is 5.10 Å².